The van der Waals surface area contributed by atoms with Crippen LogP contribution >= 0.6 is 0 Å². The fourth-order valence-electron chi connectivity index (χ4n) is 2.91. The number of rotatable bonds is 6. The summed E-state index contributed by atoms with van der Waals surface area (Å²) in [6, 6.07) is 12.1. The van der Waals surface area contributed by atoms with Crippen molar-refractivity contribution in [3.8, 4) is 11.5 Å². The van der Waals surface area contributed by atoms with Crippen molar-refractivity contribution in [3.63, 3.8) is 0 Å². The number of benzene rings is 2. The molecule has 6 nitrogen and oxygen atoms in total. The molecule has 0 unspecified atom stereocenters. The first-order chi connectivity index (χ1) is 13.0. The summed E-state index contributed by atoms with van der Waals surface area (Å²) >= 11 is 0. The minimum atomic E-state index is -0.270. The largest absolute Gasteiger partial charge is 0.490 e. The molecule has 1 amide bonds. The Morgan fingerprint density at radius 1 is 1.00 bits per heavy atom. The molecule has 0 spiro atoms. The fourth-order valence-corrected chi connectivity index (χ4v) is 2.91. The molecule has 0 bridgehead atoms. The van der Waals surface area contributed by atoms with Gasteiger partial charge in [-0.3, -0.25) is 9.59 Å². The highest BCUT2D eigenvalue weighted by Gasteiger charge is 2.12. The molecule has 0 saturated carbocycles. The fraction of sp³-hybridized carbons (Fsp3) is 0.238. The molecule has 0 aliphatic heterocycles. The van der Waals surface area contributed by atoms with E-state index < -0.39 is 0 Å². The summed E-state index contributed by atoms with van der Waals surface area (Å²) < 4.78 is 11.1. The first-order valence-electron chi connectivity index (χ1n) is 8.86. The molecule has 1 heterocycles. The van der Waals surface area contributed by atoms with E-state index in [0.29, 0.717) is 41.5 Å². The van der Waals surface area contributed by atoms with Crippen LogP contribution in [0.25, 0.3) is 10.9 Å². The second-order valence-electron chi connectivity index (χ2n) is 6.06. The number of fused-ring (bicyclic) bond motifs is 1. The maximum absolute atomic E-state index is 12.6. The van der Waals surface area contributed by atoms with Crippen molar-refractivity contribution >= 4 is 22.5 Å². The maximum Gasteiger partial charge on any atom is 0.255 e. The van der Waals surface area contributed by atoms with Crippen molar-refractivity contribution in [2.24, 2.45) is 0 Å². The molecule has 140 valence electrons. The van der Waals surface area contributed by atoms with Gasteiger partial charge >= 0.3 is 0 Å². The Hall–Kier alpha value is -3.28. The van der Waals surface area contributed by atoms with Crippen LogP contribution < -0.4 is 20.3 Å². The molecule has 0 atom stereocenters. The molecule has 0 fully saturated rings. The highest BCUT2D eigenvalue weighted by Crippen LogP contribution is 2.29. The third-order valence-electron chi connectivity index (χ3n) is 4.11. The lowest BCUT2D eigenvalue weighted by Crippen LogP contribution is -2.13. The van der Waals surface area contributed by atoms with Gasteiger partial charge in [-0.25, -0.2) is 0 Å². The van der Waals surface area contributed by atoms with Crippen LogP contribution in [0.3, 0.4) is 0 Å². The monoisotopic (exact) mass is 366 g/mol. The molecular formula is C21H22N2O4. The summed E-state index contributed by atoms with van der Waals surface area (Å²) in [6.45, 7) is 6.64. The molecule has 3 rings (SSSR count). The van der Waals surface area contributed by atoms with Gasteiger partial charge < -0.3 is 19.8 Å². The third-order valence-corrected chi connectivity index (χ3v) is 4.11. The van der Waals surface area contributed by atoms with Crippen molar-refractivity contribution in [3.05, 3.63) is 63.9 Å². The number of carbonyl (C=O) groups is 1. The van der Waals surface area contributed by atoms with E-state index in [1.807, 2.05) is 32.9 Å². The van der Waals surface area contributed by atoms with Crippen LogP contribution in [0.1, 0.15) is 29.8 Å². The predicted octanol–water partition coefficient (Wildman–Crippen LogP) is 3.89. The van der Waals surface area contributed by atoms with Gasteiger partial charge in [0.15, 0.2) is 11.5 Å². The Bertz CT molecular complexity index is 1040. The van der Waals surface area contributed by atoms with Crippen LogP contribution in [0.4, 0.5) is 5.69 Å². The molecule has 2 N–H and O–H groups in total. The van der Waals surface area contributed by atoms with Crippen LogP contribution in [-0.4, -0.2) is 24.1 Å². The molecule has 27 heavy (non-hydrogen) atoms. The van der Waals surface area contributed by atoms with Crippen LogP contribution in [-0.2, 0) is 0 Å². The Morgan fingerprint density at radius 3 is 2.48 bits per heavy atom. The standard InChI is InChI=1S/C21H22N2O4/c1-4-26-18-9-6-14(11-19(18)27-5-2)21(25)22-15-7-8-16-13(3)10-20(24)23-17(16)12-15/h6-12H,4-5H2,1-3H3,(H,22,25)(H,23,24). The number of aryl methyl sites for hydroxylation is 1. The van der Waals surface area contributed by atoms with Crippen LogP contribution in [0.2, 0.25) is 0 Å². The van der Waals surface area contributed by atoms with Gasteiger partial charge in [0.05, 0.1) is 18.7 Å². The van der Waals surface area contributed by atoms with Crippen molar-refractivity contribution in [2.75, 3.05) is 18.5 Å². The summed E-state index contributed by atoms with van der Waals surface area (Å²) in [4.78, 5) is 27.1. The lowest BCUT2D eigenvalue weighted by molar-refractivity contribution is 0.102. The summed E-state index contributed by atoms with van der Waals surface area (Å²) in [7, 11) is 0. The number of anilines is 1. The van der Waals surface area contributed by atoms with E-state index in [2.05, 4.69) is 10.3 Å². The van der Waals surface area contributed by atoms with Crippen molar-refractivity contribution in [1.29, 1.82) is 0 Å². The van der Waals surface area contributed by atoms with E-state index >= 15 is 0 Å². The molecule has 0 radical (unpaired) electrons. The van der Waals surface area contributed by atoms with Gasteiger partial charge in [-0.05, 0) is 56.7 Å². The Morgan fingerprint density at radius 2 is 1.74 bits per heavy atom. The normalized spacial score (nSPS) is 10.6. The van der Waals surface area contributed by atoms with Gasteiger partial charge in [0, 0.05) is 22.7 Å². The minimum absolute atomic E-state index is 0.170. The first-order valence-corrected chi connectivity index (χ1v) is 8.86. The topological polar surface area (TPSA) is 80.4 Å². The molecule has 3 aromatic rings. The SMILES string of the molecule is CCOc1ccc(C(=O)Nc2ccc3c(C)cc(=O)[nH]c3c2)cc1OCC. The number of carbonyl (C=O) groups excluding carboxylic acids is 1. The third kappa shape index (κ3) is 4.11. The molecular weight excluding hydrogens is 344 g/mol. The van der Waals surface area contributed by atoms with Gasteiger partial charge in [-0.2, -0.15) is 0 Å². The zero-order valence-corrected chi connectivity index (χ0v) is 15.6. The number of hydrogen-bond acceptors (Lipinski definition) is 4. The minimum Gasteiger partial charge on any atom is -0.490 e. The van der Waals surface area contributed by atoms with E-state index in [0.717, 1.165) is 10.9 Å². The molecule has 2 aromatic carbocycles. The second kappa shape index (κ2) is 7.95. The highest BCUT2D eigenvalue weighted by atomic mass is 16.5. The van der Waals surface area contributed by atoms with Gasteiger partial charge in [0.25, 0.3) is 5.91 Å². The van der Waals surface area contributed by atoms with Crippen LogP contribution in [0, 0.1) is 6.92 Å². The summed E-state index contributed by atoms with van der Waals surface area (Å²) in [6.07, 6.45) is 0. The van der Waals surface area contributed by atoms with Crippen molar-refractivity contribution < 1.29 is 14.3 Å². The first kappa shape index (κ1) is 18.5. The summed E-state index contributed by atoms with van der Waals surface area (Å²) in [5, 5.41) is 3.79. The smallest absolute Gasteiger partial charge is 0.255 e. The average Bonchev–Trinajstić information content (AvgIpc) is 2.63. The second-order valence-corrected chi connectivity index (χ2v) is 6.06. The van der Waals surface area contributed by atoms with Gasteiger partial charge in [-0.15, -0.1) is 0 Å². The molecule has 6 heteroatoms. The summed E-state index contributed by atoms with van der Waals surface area (Å²) in [5.74, 6) is 0.869. The van der Waals surface area contributed by atoms with Gasteiger partial charge in [-0.1, -0.05) is 6.07 Å². The number of pyridine rings is 1. The number of hydrogen-bond donors (Lipinski definition) is 2. The number of nitrogens with one attached hydrogen (secondary N) is 2. The molecule has 1 aromatic heterocycles. The molecule has 0 aliphatic carbocycles. The van der Waals surface area contributed by atoms with Crippen LogP contribution in [0.5, 0.6) is 11.5 Å². The predicted molar refractivity (Wildman–Crippen MR) is 106 cm³/mol. The van der Waals surface area contributed by atoms with Crippen LogP contribution in [0.15, 0.2) is 47.3 Å². The van der Waals surface area contributed by atoms with Crippen molar-refractivity contribution in [1.82, 2.24) is 4.98 Å². The Kier molecular flexibility index (Phi) is 5.45. The lowest BCUT2D eigenvalue weighted by atomic mass is 10.1. The maximum atomic E-state index is 12.6. The van der Waals surface area contributed by atoms with E-state index in [-0.39, 0.29) is 11.5 Å². The Labute approximate surface area is 157 Å². The van der Waals surface area contributed by atoms with Crippen molar-refractivity contribution in [2.45, 2.75) is 20.8 Å². The average molecular weight is 366 g/mol. The lowest BCUT2D eigenvalue weighted by Gasteiger charge is -2.13. The highest BCUT2D eigenvalue weighted by molar-refractivity contribution is 6.05. The van der Waals surface area contributed by atoms with E-state index in [9.17, 15) is 9.59 Å². The van der Waals surface area contributed by atoms with E-state index in [1.165, 1.54) is 0 Å². The van der Waals surface area contributed by atoms with E-state index in [4.69, 9.17) is 9.47 Å². The number of amides is 1. The number of aromatic amines is 1. The van der Waals surface area contributed by atoms with Gasteiger partial charge in [0.1, 0.15) is 0 Å². The van der Waals surface area contributed by atoms with E-state index in [1.54, 1.807) is 30.3 Å². The Balaban J connectivity index is 1.87. The zero-order chi connectivity index (χ0) is 19.4. The molecule has 0 saturated heterocycles. The quantitative estimate of drug-likeness (QED) is 0.694. The summed E-state index contributed by atoms with van der Waals surface area (Å²) in [5.41, 5.74) is 2.45. The molecule has 0 aliphatic rings. The number of H-pyrrole nitrogens is 1. The number of aromatic nitrogens is 1. The zero-order valence-electron chi connectivity index (χ0n) is 15.6. The number of ether oxygens (including phenoxy) is 2. The van der Waals surface area contributed by atoms with Gasteiger partial charge in [0.2, 0.25) is 5.56 Å².